The molecule has 2 aromatic carbocycles. The number of rotatable bonds is 4. The first kappa shape index (κ1) is 15.8. The predicted octanol–water partition coefficient (Wildman–Crippen LogP) is 3.27. The number of carboxylic acid groups (broad SMARTS) is 1. The Balaban J connectivity index is 1.82. The largest absolute Gasteiger partial charge is 0.480 e. The molecule has 0 fully saturated rings. The molecular weight excluding hydrogens is 319 g/mol. The first-order valence-corrected chi connectivity index (χ1v) is 8.40. The van der Waals surface area contributed by atoms with E-state index in [2.05, 4.69) is 4.57 Å². The van der Waals surface area contributed by atoms with E-state index in [1.165, 1.54) is 6.07 Å². The molecule has 0 aliphatic carbocycles. The minimum atomic E-state index is -0.831. The molecule has 3 aromatic rings. The highest BCUT2D eigenvalue weighted by Crippen LogP contribution is 2.33. The summed E-state index contributed by atoms with van der Waals surface area (Å²) in [5, 5.41) is 9.95. The van der Waals surface area contributed by atoms with Crippen LogP contribution in [0.2, 0.25) is 0 Å². The Morgan fingerprint density at radius 1 is 1.12 bits per heavy atom. The Kier molecular flexibility index (Phi) is 4.01. The Hall–Kier alpha value is -2.66. The van der Waals surface area contributed by atoms with Gasteiger partial charge in [0.15, 0.2) is 0 Å². The smallest absolute Gasteiger partial charge is 0.317 e. The maximum Gasteiger partial charge on any atom is 0.317 e. The molecule has 0 amide bonds. The van der Waals surface area contributed by atoms with Crippen LogP contribution in [0.15, 0.2) is 48.5 Å². The van der Waals surface area contributed by atoms with Crippen molar-refractivity contribution in [1.29, 1.82) is 0 Å². The number of aromatic nitrogens is 1. The maximum atomic E-state index is 14.6. The van der Waals surface area contributed by atoms with Crippen molar-refractivity contribution in [2.24, 2.45) is 0 Å². The standard InChI is InChI=1S/C20H19FN2O2/c21-17-8-4-7-15-16-12-22(13-19(24)25)10-9-18(16)23(20(15)17)11-14-5-2-1-3-6-14/h1-8H,9-13H2,(H,24,25). The van der Waals surface area contributed by atoms with E-state index >= 15 is 0 Å². The van der Waals surface area contributed by atoms with Gasteiger partial charge >= 0.3 is 5.97 Å². The first-order chi connectivity index (χ1) is 12.1. The van der Waals surface area contributed by atoms with Crippen LogP contribution in [-0.2, 0) is 24.3 Å². The van der Waals surface area contributed by atoms with Crippen molar-refractivity contribution in [2.75, 3.05) is 13.1 Å². The zero-order valence-corrected chi connectivity index (χ0v) is 13.8. The van der Waals surface area contributed by atoms with Gasteiger partial charge in [0.25, 0.3) is 0 Å². The second-order valence-electron chi connectivity index (χ2n) is 6.49. The molecule has 0 saturated carbocycles. The Labute approximate surface area is 145 Å². The van der Waals surface area contributed by atoms with Crippen molar-refractivity contribution < 1.29 is 14.3 Å². The molecule has 25 heavy (non-hydrogen) atoms. The van der Waals surface area contributed by atoms with Crippen molar-refractivity contribution in [2.45, 2.75) is 19.5 Å². The van der Waals surface area contributed by atoms with E-state index in [1.54, 1.807) is 6.07 Å². The molecular formula is C20H19FN2O2. The molecule has 1 aliphatic heterocycles. The van der Waals surface area contributed by atoms with Gasteiger partial charge in [0.2, 0.25) is 0 Å². The molecule has 128 valence electrons. The van der Waals surface area contributed by atoms with Crippen LogP contribution in [0.25, 0.3) is 10.9 Å². The monoisotopic (exact) mass is 338 g/mol. The lowest BCUT2D eigenvalue weighted by atomic mass is 10.0. The third kappa shape index (κ3) is 2.91. The second-order valence-corrected chi connectivity index (χ2v) is 6.49. The van der Waals surface area contributed by atoms with Gasteiger partial charge in [0, 0.05) is 37.1 Å². The fraction of sp³-hybridized carbons (Fsp3) is 0.250. The number of hydrogen-bond donors (Lipinski definition) is 1. The molecule has 0 unspecified atom stereocenters. The lowest BCUT2D eigenvalue weighted by molar-refractivity contribution is -0.138. The summed E-state index contributed by atoms with van der Waals surface area (Å²) >= 11 is 0. The zero-order valence-electron chi connectivity index (χ0n) is 13.8. The van der Waals surface area contributed by atoms with Crippen molar-refractivity contribution in [3.8, 4) is 0 Å². The van der Waals surface area contributed by atoms with Crippen LogP contribution in [0.3, 0.4) is 0 Å². The molecule has 1 N–H and O–H groups in total. The molecule has 1 aromatic heterocycles. The first-order valence-electron chi connectivity index (χ1n) is 8.40. The molecule has 5 heteroatoms. The van der Waals surface area contributed by atoms with Crippen molar-refractivity contribution in [1.82, 2.24) is 9.47 Å². The third-order valence-electron chi connectivity index (χ3n) is 4.84. The van der Waals surface area contributed by atoms with E-state index in [1.807, 2.05) is 41.3 Å². The molecule has 0 saturated heterocycles. The number of fused-ring (bicyclic) bond motifs is 3. The molecule has 0 spiro atoms. The summed E-state index contributed by atoms with van der Waals surface area (Å²) in [6.07, 6.45) is 0.726. The van der Waals surface area contributed by atoms with Crippen LogP contribution in [-0.4, -0.2) is 33.6 Å². The van der Waals surface area contributed by atoms with E-state index in [0.717, 1.165) is 28.6 Å². The van der Waals surface area contributed by atoms with Crippen molar-refractivity contribution in [3.05, 3.63) is 71.2 Å². The molecule has 1 aliphatic rings. The number of carbonyl (C=O) groups is 1. The highest BCUT2D eigenvalue weighted by atomic mass is 19.1. The van der Waals surface area contributed by atoms with Gasteiger partial charge in [0.1, 0.15) is 5.82 Å². The van der Waals surface area contributed by atoms with E-state index < -0.39 is 5.97 Å². The van der Waals surface area contributed by atoms with E-state index in [4.69, 9.17) is 5.11 Å². The normalized spacial score (nSPS) is 14.6. The summed E-state index contributed by atoms with van der Waals surface area (Å²) < 4.78 is 16.7. The zero-order chi connectivity index (χ0) is 17.4. The summed E-state index contributed by atoms with van der Waals surface area (Å²) in [6.45, 7) is 1.85. The SMILES string of the molecule is O=C(O)CN1CCc2c(c3cccc(F)c3n2Cc2ccccc2)C1. The molecule has 2 heterocycles. The lowest BCUT2D eigenvalue weighted by Crippen LogP contribution is -2.35. The summed E-state index contributed by atoms with van der Waals surface area (Å²) in [5.41, 5.74) is 3.91. The average molecular weight is 338 g/mol. The summed E-state index contributed by atoms with van der Waals surface area (Å²) in [4.78, 5) is 12.9. The Bertz CT molecular complexity index is 934. The van der Waals surface area contributed by atoms with Crippen LogP contribution in [0.4, 0.5) is 4.39 Å². The minimum Gasteiger partial charge on any atom is -0.480 e. The number of nitrogens with zero attached hydrogens (tertiary/aromatic N) is 2. The van der Waals surface area contributed by atoms with Crippen molar-refractivity contribution >= 4 is 16.9 Å². The maximum absolute atomic E-state index is 14.6. The number of hydrogen-bond acceptors (Lipinski definition) is 2. The number of aliphatic carboxylic acids is 1. The van der Waals surface area contributed by atoms with Crippen molar-refractivity contribution in [3.63, 3.8) is 0 Å². The van der Waals surface area contributed by atoms with Crippen LogP contribution in [0.1, 0.15) is 16.8 Å². The van der Waals surface area contributed by atoms with E-state index in [9.17, 15) is 9.18 Å². The van der Waals surface area contributed by atoms with Gasteiger partial charge in [-0.05, 0) is 17.2 Å². The molecule has 4 nitrogen and oxygen atoms in total. The van der Waals surface area contributed by atoms with Crippen LogP contribution in [0.5, 0.6) is 0 Å². The van der Waals surface area contributed by atoms with Gasteiger partial charge in [0.05, 0.1) is 12.1 Å². The number of benzene rings is 2. The minimum absolute atomic E-state index is 0.0140. The van der Waals surface area contributed by atoms with Gasteiger partial charge in [-0.2, -0.15) is 0 Å². The van der Waals surface area contributed by atoms with Gasteiger partial charge in [-0.25, -0.2) is 4.39 Å². The van der Waals surface area contributed by atoms with Gasteiger partial charge < -0.3 is 9.67 Å². The fourth-order valence-electron chi connectivity index (χ4n) is 3.78. The lowest BCUT2D eigenvalue weighted by Gasteiger charge is -2.26. The van der Waals surface area contributed by atoms with E-state index in [0.29, 0.717) is 25.2 Å². The number of para-hydroxylation sites is 1. The molecule has 0 atom stereocenters. The highest BCUT2D eigenvalue weighted by Gasteiger charge is 2.26. The highest BCUT2D eigenvalue weighted by molar-refractivity contribution is 5.86. The molecule has 0 bridgehead atoms. The average Bonchev–Trinajstić information content (AvgIpc) is 2.90. The molecule has 0 radical (unpaired) electrons. The number of halogens is 1. The Morgan fingerprint density at radius 2 is 1.92 bits per heavy atom. The van der Waals surface area contributed by atoms with Crippen LogP contribution >= 0.6 is 0 Å². The van der Waals surface area contributed by atoms with Gasteiger partial charge in [-0.15, -0.1) is 0 Å². The predicted molar refractivity (Wildman–Crippen MR) is 94.1 cm³/mol. The Morgan fingerprint density at radius 3 is 2.68 bits per heavy atom. The fourth-order valence-corrected chi connectivity index (χ4v) is 3.78. The summed E-state index contributed by atoms with van der Waals surface area (Å²) in [7, 11) is 0. The van der Waals surface area contributed by atoms with Crippen LogP contribution < -0.4 is 0 Å². The summed E-state index contributed by atoms with van der Waals surface area (Å²) in [6, 6.07) is 15.2. The van der Waals surface area contributed by atoms with Crippen LogP contribution in [0, 0.1) is 5.82 Å². The van der Waals surface area contributed by atoms with E-state index in [-0.39, 0.29) is 12.4 Å². The van der Waals surface area contributed by atoms with Gasteiger partial charge in [-0.1, -0.05) is 42.5 Å². The van der Waals surface area contributed by atoms with Gasteiger partial charge in [-0.3, -0.25) is 9.69 Å². The topological polar surface area (TPSA) is 45.5 Å². The number of carboxylic acids is 1. The molecule has 4 rings (SSSR count). The third-order valence-corrected chi connectivity index (χ3v) is 4.84. The summed E-state index contributed by atoms with van der Waals surface area (Å²) in [5.74, 6) is -1.06. The second kappa shape index (κ2) is 6.33. The quantitative estimate of drug-likeness (QED) is 0.794.